The summed E-state index contributed by atoms with van der Waals surface area (Å²) in [5.74, 6) is 1.58. The molecule has 2 aromatic rings. The third-order valence-electron chi connectivity index (χ3n) is 5.98. The van der Waals surface area contributed by atoms with Crippen LogP contribution in [-0.2, 0) is 4.79 Å². The highest BCUT2D eigenvalue weighted by Gasteiger charge is 2.48. The van der Waals surface area contributed by atoms with Gasteiger partial charge in [-0.1, -0.05) is 32.9 Å². The minimum Gasteiger partial charge on any atom is -0.497 e. The van der Waals surface area contributed by atoms with Crippen molar-refractivity contribution < 1.29 is 9.53 Å². The van der Waals surface area contributed by atoms with Gasteiger partial charge >= 0.3 is 0 Å². The summed E-state index contributed by atoms with van der Waals surface area (Å²) in [5, 5.41) is 0. The van der Waals surface area contributed by atoms with Crippen molar-refractivity contribution >= 4 is 23.0 Å². The lowest BCUT2D eigenvalue weighted by molar-refractivity contribution is -0.113. The van der Waals surface area contributed by atoms with Gasteiger partial charge in [0.05, 0.1) is 18.5 Å². The first-order chi connectivity index (χ1) is 13.2. The maximum Gasteiger partial charge on any atom is 0.278 e. The molecule has 0 aromatic heterocycles. The summed E-state index contributed by atoms with van der Waals surface area (Å²) >= 11 is 0. The topological polar surface area (TPSA) is 41.9 Å². The van der Waals surface area contributed by atoms with Gasteiger partial charge in [-0.15, -0.1) is 0 Å². The van der Waals surface area contributed by atoms with E-state index >= 15 is 0 Å². The van der Waals surface area contributed by atoms with E-state index in [-0.39, 0.29) is 11.4 Å². The van der Waals surface area contributed by atoms with Crippen molar-refractivity contribution in [1.82, 2.24) is 0 Å². The van der Waals surface area contributed by atoms with Crippen molar-refractivity contribution in [3.63, 3.8) is 0 Å². The molecule has 0 saturated heterocycles. The number of benzene rings is 2. The number of ether oxygens (including phenoxy) is 1. The number of carbonyl (C=O) groups excluding carboxylic acids is 1. The molecule has 2 aliphatic rings. The van der Waals surface area contributed by atoms with E-state index in [0.717, 1.165) is 29.1 Å². The van der Waals surface area contributed by atoms with Gasteiger partial charge in [-0.05, 0) is 67.5 Å². The van der Waals surface area contributed by atoms with Gasteiger partial charge in [-0.2, -0.15) is 0 Å². The highest BCUT2D eigenvalue weighted by Crippen LogP contribution is 2.50. The fraction of sp³-hybridized carbons (Fsp3) is 0.417. The van der Waals surface area contributed by atoms with E-state index in [0.29, 0.717) is 17.5 Å². The van der Waals surface area contributed by atoms with Crippen molar-refractivity contribution in [2.24, 2.45) is 4.99 Å². The Labute approximate surface area is 167 Å². The van der Waals surface area contributed by atoms with Crippen molar-refractivity contribution in [2.45, 2.75) is 58.4 Å². The Morgan fingerprint density at radius 1 is 1.18 bits per heavy atom. The summed E-state index contributed by atoms with van der Waals surface area (Å²) in [4.78, 5) is 20.2. The SMILES string of the molecule is COc1cc2c3c(c1)[C@H](C)CC(C)(C)N3C(=O)C2=Nc1ccc(C(C)C)cc1. The molecule has 4 rings (SSSR count). The predicted octanol–water partition coefficient (Wildman–Crippen LogP) is 5.57. The molecule has 146 valence electrons. The average molecular weight is 377 g/mol. The number of rotatable bonds is 3. The number of carbonyl (C=O) groups is 1. The Morgan fingerprint density at radius 3 is 2.46 bits per heavy atom. The van der Waals surface area contributed by atoms with Gasteiger partial charge in [-0.3, -0.25) is 4.79 Å². The number of methoxy groups -OCH3 is 1. The van der Waals surface area contributed by atoms with Gasteiger partial charge in [-0.25, -0.2) is 4.99 Å². The summed E-state index contributed by atoms with van der Waals surface area (Å²) < 4.78 is 5.53. The lowest BCUT2D eigenvalue weighted by atomic mass is 9.80. The second kappa shape index (κ2) is 6.47. The second-order valence-electron chi connectivity index (χ2n) is 8.88. The molecule has 0 unspecified atom stereocenters. The van der Waals surface area contributed by atoms with Gasteiger partial charge < -0.3 is 9.64 Å². The van der Waals surface area contributed by atoms with Crippen LogP contribution in [0, 0.1) is 0 Å². The van der Waals surface area contributed by atoms with Crippen LogP contribution >= 0.6 is 0 Å². The Kier molecular flexibility index (Phi) is 4.33. The van der Waals surface area contributed by atoms with E-state index in [9.17, 15) is 4.79 Å². The van der Waals surface area contributed by atoms with Crippen LogP contribution in [0.3, 0.4) is 0 Å². The van der Waals surface area contributed by atoms with Crippen molar-refractivity contribution in [3.05, 3.63) is 53.1 Å². The number of anilines is 1. The molecular weight excluding hydrogens is 348 g/mol. The molecule has 2 aromatic carbocycles. The van der Waals surface area contributed by atoms with Crippen LogP contribution in [0.2, 0.25) is 0 Å². The minimum absolute atomic E-state index is 0.0191. The molecule has 0 radical (unpaired) electrons. The molecule has 2 aliphatic heterocycles. The fourth-order valence-corrected chi connectivity index (χ4v) is 4.57. The summed E-state index contributed by atoms with van der Waals surface area (Å²) in [6.45, 7) is 10.8. The molecule has 0 spiro atoms. The van der Waals surface area contributed by atoms with Crippen LogP contribution < -0.4 is 9.64 Å². The van der Waals surface area contributed by atoms with Gasteiger partial charge in [0.15, 0.2) is 0 Å². The van der Waals surface area contributed by atoms with Gasteiger partial charge in [0.25, 0.3) is 5.91 Å². The molecule has 28 heavy (non-hydrogen) atoms. The van der Waals surface area contributed by atoms with E-state index in [1.165, 1.54) is 11.1 Å². The number of hydrogen-bond donors (Lipinski definition) is 0. The third-order valence-corrected chi connectivity index (χ3v) is 5.98. The highest BCUT2D eigenvalue weighted by atomic mass is 16.5. The van der Waals surface area contributed by atoms with Crippen LogP contribution in [0.5, 0.6) is 5.75 Å². The molecule has 4 nitrogen and oxygen atoms in total. The van der Waals surface area contributed by atoms with Crippen LogP contribution in [-0.4, -0.2) is 24.3 Å². The molecule has 4 heteroatoms. The van der Waals surface area contributed by atoms with E-state index in [2.05, 4.69) is 52.8 Å². The van der Waals surface area contributed by atoms with Crippen LogP contribution in [0.4, 0.5) is 11.4 Å². The Morgan fingerprint density at radius 2 is 1.86 bits per heavy atom. The van der Waals surface area contributed by atoms with Crippen molar-refractivity contribution in [3.8, 4) is 5.75 Å². The molecule has 0 aliphatic carbocycles. The molecule has 2 heterocycles. The van der Waals surface area contributed by atoms with E-state index < -0.39 is 0 Å². The summed E-state index contributed by atoms with van der Waals surface area (Å²) in [7, 11) is 1.67. The monoisotopic (exact) mass is 376 g/mol. The molecule has 1 amide bonds. The van der Waals surface area contributed by atoms with Gasteiger partial charge in [0.1, 0.15) is 11.5 Å². The number of amides is 1. The second-order valence-corrected chi connectivity index (χ2v) is 8.88. The van der Waals surface area contributed by atoms with E-state index in [1.54, 1.807) is 7.11 Å². The molecule has 1 atom stereocenters. The molecular formula is C24H28N2O2. The molecule has 0 fully saturated rings. The van der Waals surface area contributed by atoms with Crippen molar-refractivity contribution in [1.29, 1.82) is 0 Å². The third kappa shape index (κ3) is 2.83. The summed E-state index contributed by atoms with van der Waals surface area (Å²) in [5.41, 5.74) is 5.39. The molecule has 0 N–H and O–H groups in total. The summed E-state index contributed by atoms with van der Waals surface area (Å²) in [6.07, 6.45) is 0.911. The number of nitrogens with zero attached hydrogens (tertiary/aromatic N) is 2. The zero-order valence-electron chi connectivity index (χ0n) is 17.5. The maximum absolute atomic E-state index is 13.4. The summed E-state index contributed by atoms with van der Waals surface area (Å²) in [6, 6.07) is 12.2. The average Bonchev–Trinajstić information content (AvgIpc) is 2.92. The first kappa shape index (κ1) is 18.7. The number of aliphatic imine (C=N–C) groups is 1. The van der Waals surface area contributed by atoms with Crippen LogP contribution in [0.15, 0.2) is 41.4 Å². The lowest BCUT2D eigenvalue weighted by Gasteiger charge is -2.43. The Bertz CT molecular complexity index is 971. The highest BCUT2D eigenvalue weighted by molar-refractivity contribution is 6.55. The fourth-order valence-electron chi connectivity index (χ4n) is 4.57. The van der Waals surface area contributed by atoms with E-state index in [1.807, 2.05) is 23.1 Å². The quantitative estimate of drug-likeness (QED) is 0.702. The van der Waals surface area contributed by atoms with Gasteiger partial charge in [0, 0.05) is 11.1 Å². The smallest absolute Gasteiger partial charge is 0.278 e. The minimum atomic E-state index is -0.244. The zero-order chi connectivity index (χ0) is 20.2. The maximum atomic E-state index is 13.4. The van der Waals surface area contributed by atoms with E-state index in [4.69, 9.17) is 9.73 Å². The first-order valence-electron chi connectivity index (χ1n) is 9.98. The normalized spacial score (nSPS) is 21.4. The first-order valence-corrected chi connectivity index (χ1v) is 9.98. The zero-order valence-corrected chi connectivity index (χ0v) is 17.5. The lowest BCUT2D eigenvalue weighted by Crippen LogP contribution is -2.50. The van der Waals surface area contributed by atoms with Crippen LogP contribution in [0.25, 0.3) is 0 Å². The molecule has 0 saturated carbocycles. The standard InChI is InChI=1S/C24H28N2O2/c1-14(2)16-7-9-17(10-8-16)25-21-20-12-18(28-6)11-19-15(3)13-24(4,5)26(22(19)20)23(21)27/h7-12,14-15H,13H2,1-6H3/t15-/m1/s1. The Balaban J connectivity index is 1.89. The van der Waals surface area contributed by atoms with Crippen LogP contribution in [0.1, 0.15) is 69.6 Å². The van der Waals surface area contributed by atoms with Gasteiger partial charge in [0.2, 0.25) is 0 Å². The number of hydrogen-bond acceptors (Lipinski definition) is 3. The largest absolute Gasteiger partial charge is 0.497 e. The van der Waals surface area contributed by atoms with Crippen molar-refractivity contribution in [2.75, 3.05) is 12.0 Å². The molecule has 0 bridgehead atoms. The Hall–Kier alpha value is -2.62. The predicted molar refractivity (Wildman–Crippen MR) is 114 cm³/mol.